The lowest BCUT2D eigenvalue weighted by molar-refractivity contribution is -0.140. The van der Waals surface area contributed by atoms with Crippen LogP contribution in [0.4, 0.5) is 0 Å². The molecule has 0 radical (unpaired) electrons. The molecule has 4 N–H and O–H groups in total. The van der Waals surface area contributed by atoms with Gasteiger partial charge >= 0.3 is 0 Å². The SMILES string of the molecule is CCCCC(C)(C)C(=O)N=C(N)N1CCC(CN([C@H](Cc2ccccc2)C(=O)N2CCC[C@H]2C(N)=O)S(C)(=O)=O)CC1. The van der Waals surface area contributed by atoms with Gasteiger partial charge in [-0.2, -0.15) is 9.30 Å². The Morgan fingerprint density at radius 3 is 2.29 bits per heavy atom. The Hall–Kier alpha value is -2.99. The monoisotopic (exact) mass is 604 g/mol. The van der Waals surface area contributed by atoms with Gasteiger partial charge in [0.2, 0.25) is 21.8 Å². The number of amides is 3. The molecule has 0 aromatic heterocycles. The zero-order chi connectivity index (χ0) is 31.1. The Kier molecular flexibility index (Phi) is 11.5. The van der Waals surface area contributed by atoms with E-state index in [1.807, 2.05) is 49.1 Å². The molecular weight excluding hydrogens is 556 g/mol. The molecule has 1 aromatic carbocycles. The largest absolute Gasteiger partial charge is 0.369 e. The second-order valence-electron chi connectivity index (χ2n) is 12.3. The number of piperidine rings is 1. The van der Waals surface area contributed by atoms with Crippen LogP contribution in [0.25, 0.3) is 0 Å². The van der Waals surface area contributed by atoms with Crippen molar-refractivity contribution >= 4 is 33.7 Å². The van der Waals surface area contributed by atoms with Crippen molar-refractivity contribution in [3.63, 3.8) is 0 Å². The third kappa shape index (κ3) is 8.76. The second-order valence-corrected chi connectivity index (χ2v) is 14.3. The third-order valence-electron chi connectivity index (χ3n) is 8.52. The smallest absolute Gasteiger partial charge is 0.254 e. The molecule has 11 nitrogen and oxygen atoms in total. The molecule has 234 valence electrons. The maximum absolute atomic E-state index is 13.9. The fraction of sp³-hybridized carbons (Fsp3) is 0.667. The summed E-state index contributed by atoms with van der Waals surface area (Å²) >= 11 is 0. The lowest BCUT2D eigenvalue weighted by Crippen LogP contribution is -2.56. The van der Waals surface area contributed by atoms with Crippen LogP contribution in [-0.2, 0) is 30.8 Å². The van der Waals surface area contributed by atoms with Gasteiger partial charge < -0.3 is 21.3 Å². The number of carbonyl (C=O) groups excluding carboxylic acids is 3. The number of guanidine groups is 1. The highest BCUT2D eigenvalue weighted by Crippen LogP contribution is 2.27. The molecule has 3 rings (SSSR count). The minimum atomic E-state index is -3.80. The molecule has 2 aliphatic heterocycles. The molecule has 2 aliphatic rings. The van der Waals surface area contributed by atoms with Crippen LogP contribution < -0.4 is 11.5 Å². The molecule has 2 heterocycles. The predicted molar refractivity (Wildman–Crippen MR) is 164 cm³/mol. The Balaban J connectivity index is 1.77. The Morgan fingerprint density at radius 2 is 1.71 bits per heavy atom. The van der Waals surface area contributed by atoms with Crippen molar-refractivity contribution in [1.82, 2.24) is 14.1 Å². The maximum atomic E-state index is 13.9. The van der Waals surface area contributed by atoms with Crippen molar-refractivity contribution in [1.29, 1.82) is 0 Å². The number of sulfonamides is 1. The molecule has 0 saturated carbocycles. The summed E-state index contributed by atoms with van der Waals surface area (Å²) in [5.74, 6) is -1.06. The van der Waals surface area contributed by atoms with Crippen LogP contribution in [0.1, 0.15) is 71.3 Å². The lowest BCUT2D eigenvalue weighted by Gasteiger charge is -2.38. The molecule has 0 aliphatic carbocycles. The number of rotatable bonds is 12. The number of benzene rings is 1. The van der Waals surface area contributed by atoms with Crippen molar-refractivity contribution in [3.8, 4) is 0 Å². The zero-order valence-electron chi connectivity index (χ0n) is 25.5. The molecule has 2 fully saturated rings. The quantitative estimate of drug-likeness (QED) is 0.273. The summed E-state index contributed by atoms with van der Waals surface area (Å²) in [5.41, 5.74) is 12.1. The van der Waals surface area contributed by atoms with Gasteiger partial charge in [-0.15, -0.1) is 0 Å². The van der Waals surface area contributed by atoms with E-state index in [-0.39, 0.29) is 30.8 Å². The van der Waals surface area contributed by atoms with Crippen LogP contribution in [0.3, 0.4) is 0 Å². The molecule has 0 bridgehead atoms. The summed E-state index contributed by atoms with van der Waals surface area (Å²) in [4.78, 5) is 46.3. The topological polar surface area (TPSA) is 159 Å². The van der Waals surface area contributed by atoms with E-state index in [1.165, 1.54) is 9.21 Å². The minimum absolute atomic E-state index is 0.0305. The van der Waals surface area contributed by atoms with Crippen LogP contribution >= 0.6 is 0 Å². The number of primary amides is 1. The zero-order valence-corrected chi connectivity index (χ0v) is 26.3. The number of hydrogen-bond acceptors (Lipinski definition) is 5. The summed E-state index contributed by atoms with van der Waals surface area (Å²) in [6.07, 6.45) is 6.32. The van der Waals surface area contributed by atoms with Crippen LogP contribution in [0.5, 0.6) is 0 Å². The standard InChI is InChI=1S/C30H48N6O5S/c1-5-6-16-30(2,3)28(39)33-29(32)34-18-14-23(15-19-34)21-36(42(4,40)41)25(20-22-11-8-7-9-12-22)27(38)35-17-10-13-24(35)26(31)37/h7-9,11-12,23-25H,5-6,10,13-21H2,1-4H3,(H2,31,37)(H2,32,33,39)/t24-,25+/m0/s1. The highest BCUT2D eigenvalue weighted by molar-refractivity contribution is 7.88. The number of hydrogen-bond donors (Lipinski definition) is 2. The van der Waals surface area contributed by atoms with E-state index in [0.29, 0.717) is 45.3 Å². The van der Waals surface area contributed by atoms with E-state index in [0.717, 1.165) is 31.1 Å². The van der Waals surface area contributed by atoms with Gasteiger partial charge in [-0.1, -0.05) is 63.9 Å². The van der Waals surface area contributed by atoms with Gasteiger partial charge in [-0.05, 0) is 50.0 Å². The summed E-state index contributed by atoms with van der Waals surface area (Å²) in [6, 6.07) is 7.54. The molecule has 0 spiro atoms. The van der Waals surface area contributed by atoms with Gasteiger partial charge in [0, 0.05) is 31.6 Å². The first kappa shape index (κ1) is 33.5. The fourth-order valence-electron chi connectivity index (χ4n) is 5.81. The number of carbonyl (C=O) groups is 3. The molecule has 2 saturated heterocycles. The van der Waals surface area contributed by atoms with Crippen LogP contribution in [-0.4, -0.2) is 90.7 Å². The lowest BCUT2D eigenvalue weighted by atomic mass is 9.86. The number of likely N-dealkylation sites (tertiary alicyclic amines) is 2. The van der Waals surface area contributed by atoms with E-state index in [2.05, 4.69) is 11.9 Å². The average Bonchev–Trinajstić information content (AvgIpc) is 3.44. The van der Waals surface area contributed by atoms with Crippen molar-refractivity contribution < 1.29 is 22.8 Å². The van der Waals surface area contributed by atoms with Gasteiger partial charge in [0.25, 0.3) is 5.91 Å². The molecule has 1 aromatic rings. The molecule has 2 atom stereocenters. The number of nitrogens with two attached hydrogens (primary N) is 2. The van der Waals surface area contributed by atoms with Crippen LogP contribution in [0, 0.1) is 11.3 Å². The number of unbranched alkanes of at least 4 members (excludes halogenated alkanes) is 1. The Morgan fingerprint density at radius 1 is 1.07 bits per heavy atom. The minimum Gasteiger partial charge on any atom is -0.369 e. The van der Waals surface area contributed by atoms with Crippen molar-refractivity contribution in [3.05, 3.63) is 35.9 Å². The molecule has 0 unspecified atom stereocenters. The van der Waals surface area contributed by atoms with E-state index in [9.17, 15) is 22.8 Å². The first-order valence-electron chi connectivity index (χ1n) is 15.0. The van der Waals surface area contributed by atoms with E-state index in [4.69, 9.17) is 11.5 Å². The van der Waals surface area contributed by atoms with Gasteiger partial charge in [0.15, 0.2) is 5.96 Å². The Bertz CT molecular complexity index is 1230. The highest BCUT2D eigenvalue weighted by atomic mass is 32.2. The van der Waals surface area contributed by atoms with Crippen LogP contribution in [0.15, 0.2) is 35.3 Å². The fourth-order valence-corrected chi connectivity index (χ4v) is 6.92. The summed E-state index contributed by atoms with van der Waals surface area (Å²) < 4.78 is 27.7. The first-order chi connectivity index (χ1) is 19.7. The molecular formula is C30H48N6O5S. The molecule has 3 amide bonds. The van der Waals surface area contributed by atoms with Crippen LogP contribution in [0.2, 0.25) is 0 Å². The number of nitrogens with zero attached hydrogens (tertiary/aromatic N) is 4. The number of aliphatic imine (C=N–C) groups is 1. The first-order valence-corrected chi connectivity index (χ1v) is 16.8. The summed E-state index contributed by atoms with van der Waals surface area (Å²) in [7, 11) is -3.80. The second kappa shape index (κ2) is 14.5. The van der Waals surface area contributed by atoms with Gasteiger partial charge in [0.05, 0.1) is 6.26 Å². The van der Waals surface area contributed by atoms with E-state index >= 15 is 0 Å². The Labute approximate surface area is 250 Å². The van der Waals surface area contributed by atoms with Gasteiger partial charge in [-0.3, -0.25) is 14.4 Å². The van der Waals surface area contributed by atoms with Crippen molar-refractivity contribution in [2.75, 3.05) is 32.4 Å². The van der Waals surface area contributed by atoms with Gasteiger partial charge in [0.1, 0.15) is 12.1 Å². The average molecular weight is 605 g/mol. The van der Waals surface area contributed by atoms with Crippen molar-refractivity contribution in [2.24, 2.45) is 27.8 Å². The maximum Gasteiger partial charge on any atom is 0.254 e. The normalized spacial score (nSPS) is 19.7. The third-order valence-corrected chi connectivity index (χ3v) is 9.78. The van der Waals surface area contributed by atoms with Gasteiger partial charge in [-0.25, -0.2) is 8.42 Å². The summed E-state index contributed by atoms with van der Waals surface area (Å²) in [5, 5.41) is 0. The predicted octanol–water partition coefficient (Wildman–Crippen LogP) is 2.11. The highest BCUT2D eigenvalue weighted by Gasteiger charge is 2.42. The van der Waals surface area contributed by atoms with E-state index < -0.39 is 39.3 Å². The molecule has 12 heteroatoms. The van der Waals surface area contributed by atoms with E-state index in [1.54, 1.807) is 0 Å². The molecule has 42 heavy (non-hydrogen) atoms. The summed E-state index contributed by atoms with van der Waals surface area (Å²) in [6.45, 7) is 7.41. The van der Waals surface area contributed by atoms with Crippen molar-refractivity contribution in [2.45, 2.75) is 84.2 Å².